The Labute approximate surface area is 123 Å². The maximum absolute atomic E-state index is 12.4. The van der Waals surface area contributed by atoms with Crippen LogP contribution in [0.1, 0.15) is 46.0 Å². The van der Waals surface area contributed by atoms with Crippen LogP contribution in [0.2, 0.25) is 0 Å². The van der Waals surface area contributed by atoms with Crippen molar-refractivity contribution in [2.24, 2.45) is 23.5 Å². The minimum atomic E-state index is -3.31. The summed E-state index contributed by atoms with van der Waals surface area (Å²) in [6, 6.07) is 0.110. The highest BCUT2D eigenvalue weighted by molar-refractivity contribution is 7.87. The second kappa shape index (κ2) is 6.73. The van der Waals surface area contributed by atoms with E-state index in [1.807, 2.05) is 0 Å². The van der Waals surface area contributed by atoms with E-state index < -0.39 is 10.2 Å². The molecule has 3 atom stereocenters. The minimum Gasteiger partial charge on any atom is -0.330 e. The molecule has 0 aromatic rings. The molecule has 1 saturated carbocycles. The molecular weight excluding hydrogens is 274 g/mol. The Kier molecular flexibility index (Phi) is 5.45. The van der Waals surface area contributed by atoms with Gasteiger partial charge in [-0.1, -0.05) is 13.8 Å². The highest BCUT2D eigenvalue weighted by Crippen LogP contribution is 2.30. The highest BCUT2D eigenvalue weighted by Gasteiger charge is 2.32. The quantitative estimate of drug-likeness (QED) is 0.822. The van der Waals surface area contributed by atoms with Crippen LogP contribution in [0.15, 0.2) is 0 Å². The van der Waals surface area contributed by atoms with Gasteiger partial charge in [0.1, 0.15) is 0 Å². The summed E-state index contributed by atoms with van der Waals surface area (Å²) < 4.78 is 29.4. The average Bonchev–Trinajstić information content (AvgIpc) is 2.43. The number of piperidine rings is 1. The van der Waals surface area contributed by atoms with Crippen molar-refractivity contribution in [1.29, 1.82) is 0 Å². The summed E-state index contributed by atoms with van der Waals surface area (Å²) in [5.41, 5.74) is 5.65. The number of hydrogen-bond donors (Lipinski definition) is 2. The first-order valence-corrected chi connectivity index (χ1v) is 9.34. The molecule has 2 rings (SSSR count). The summed E-state index contributed by atoms with van der Waals surface area (Å²) in [5, 5.41) is 0. The van der Waals surface area contributed by atoms with Gasteiger partial charge in [0.2, 0.25) is 0 Å². The fraction of sp³-hybridized carbons (Fsp3) is 1.00. The van der Waals surface area contributed by atoms with Crippen molar-refractivity contribution in [3.05, 3.63) is 0 Å². The van der Waals surface area contributed by atoms with Gasteiger partial charge in [-0.05, 0) is 56.4 Å². The Morgan fingerprint density at radius 2 is 1.75 bits per heavy atom. The molecular formula is C14H29N3O2S. The van der Waals surface area contributed by atoms with Crippen LogP contribution >= 0.6 is 0 Å². The molecule has 5 nitrogen and oxygen atoms in total. The molecule has 0 spiro atoms. The van der Waals surface area contributed by atoms with E-state index in [4.69, 9.17) is 5.73 Å². The predicted molar refractivity (Wildman–Crippen MR) is 81.4 cm³/mol. The van der Waals surface area contributed by atoms with Crippen LogP contribution in [-0.4, -0.2) is 38.4 Å². The first kappa shape index (κ1) is 16.2. The zero-order valence-electron chi connectivity index (χ0n) is 12.7. The Bertz CT molecular complexity index is 405. The average molecular weight is 303 g/mol. The van der Waals surface area contributed by atoms with Crippen LogP contribution in [0.4, 0.5) is 0 Å². The lowest BCUT2D eigenvalue weighted by molar-refractivity contribution is 0.233. The molecule has 2 aliphatic rings. The Balaban J connectivity index is 1.88. The van der Waals surface area contributed by atoms with Crippen LogP contribution < -0.4 is 10.5 Å². The molecule has 1 aliphatic carbocycles. The first-order chi connectivity index (χ1) is 9.42. The van der Waals surface area contributed by atoms with E-state index in [2.05, 4.69) is 18.6 Å². The van der Waals surface area contributed by atoms with Crippen LogP contribution in [-0.2, 0) is 10.2 Å². The molecule has 1 heterocycles. The highest BCUT2D eigenvalue weighted by atomic mass is 32.2. The monoisotopic (exact) mass is 303 g/mol. The Hall–Kier alpha value is -0.170. The van der Waals surface area contributed by atoms with Gasteiger partial charge in [0, 0.05) is 19.1 Å². The molecule has 2 fully saturated rings. The van der Waals surface area contributed by atoms with E-state index >= 15 is 0 Å². The summed E-state index contributed by atoms with van der Waals surface area (Å²) in [5.74, 6) is 1.78. The van der Waals surface area contributed by atoms with Gasteiger partial charge < -0.3 is 5.73 Å². The van der Waals surface area contributed by atoms with Crippen molar-refractivity contribution >= 4 is 10.2 Å². The van der Waals surface area contributed by atoms with Gasteiger partial charge in [-0.2, -0.15) is 17.4 Å². The van der Waals surface area contributed by atoms with Gasteiger partial charge in [0.15, 0.2) is 0 Å². The number of rotatable bonds is 4. The van der Waals surface area contributed by atoms with E-state index in [9.17, 15) is 8.42 Å². The lowest BCUT2D eigenvalue weighted by atomic mass is 9.79. The van der Waals surface area contributed by atoms with Crippen molar-refractivity contribution in [3.63, 3.8) is 0 Å². The third kappa shape index (κ3) is 3.93. The molecule has 3 unspecified atom stereocenters. The normalized spacial score (nSPS) is 34.2. The van der Waals surface area contributed by atoms with Crippen molar-refractivity contribution in [1.82, 2.24) is 9.03 Å². The third-order valence-corrected chi connectivity index (χ3v) is 6.84. The largest absolute Gasteiger partial charge is 0.330 e. The molecule has 20 heavy (non-hydrogen) atoms. The van der Waals surface area contributed by atoms with Crippen LogP contribution in [0, 0.1) is 17.8 Å². The second-order valence-corrected chi connectivity index (χ2v) is 8.37. The predicted octanol–water partition coefficient (Wildman–Crippen LogP) is 1.32. The van der Waals surface area contributed by atoms with Gasteiger partial charge >= 0.3 is 0 Å². The molecule has 6 heteroatoms. The minimum absolute atomic E-state index is 0.110. The maximum Gasteiger partial charge on any atom is 0.279 e. The molecule has 0 aromatic heterocycles. The number of nitrogens with one attached hydrogen (secondary N) is 1. The lowest BCUT2D eigenvalue weighted by Gasteiger charge is -2.35. The molecule has 118 valence electrons. The fourth-order valence-electron chi connectivity index (χ4n) is 3.33. The van der Waals surface area contributed by atoms with Crippen LogP contribution in [0.3, 0.4) is 0 Å². The SMILES string of the molecule is CC1CCC(NS(=O)(=O)N2CCC(CN)CC2)CC1C. The lowest BCUT2D eigenvalue weighted by Crippen LogP contribution is -2.50. The van der Waals surface area contributed by atoms with Crippen molar-refractivity contribution < 1.29 is 8.42 Å². The Morgan fingerprint density at radius 3 is 2.30 bits per heavy atom. The van der Waals surface area contributed by atoms with Gasteiger partial charge in [-0.3, -0.25) is 0 Å². The summed E-state index contributed by atoms with van der Waals surface area (Å²) >= 11 is 0. The number of hydrogen-bond acceptors (Lipinski definition) is 3. The third-order valence-electron chi connectivity index (χ3n) is 5.16. The summed E-state index contributed by atoms with van der Waals surface area (Å²) in [6.07, 6.45) is 4.80. The Morgan fingerprint density at radius 1 is 1.10 bits per heavy atom. The molecule has 0 aromatic carbocycles. The van der Waals surface area contributed by atoms with Crippen LogP contribution in [0.25, 0.3) is 0 Å². The first-order valence-electron chi connectivity index (χ1n) is 7.90. The van der Waals surface area contributed by atoms with E-state index in [1.165, 1.54) is 0 Å². The summed E-state index contributed by atoms with van der Waals surface area (Å²) in [6.45, 7) is 6.36. The smallest absolute Gasteiger partial charge is 0.279 e. The number of nitrogens with two attached hydrogens (primary N) is 1. The molecule has 0 bridgehead atoms. The van der Waals surface area contributed by atoms with E-state index in [1.54, 1.807) is 4.31 Å². The zero-order chi connectivity index (χ0) is 14.8. The fourth-order valence-corrected chi connectivity index (χ4v) is 4.80. The zero-order valence-corrected chi connectivity index (χ0v) is 13.5. The van der Waals surface area contributed by atoms with Gasteiger partial charge in [-0.15, -0.1) is 0 Å². The molecule has 1 aliphatic heterocycles. The van der Waals surface area contributed by atoms with Crippen LogP contribution in [0.5, 0.6) is 0 Å². The van der Waals surface area contributed by atoms with Crippen molar-refractivity contribution in [2.75, 3.05) is 19.6 Å². The molecule has 1 saturated heterocycles. The van der Waals surface area contributed by atoms with E-state index in [0.717, 1.165) is 32.1 Å². The van der Waals surface area contributed by atoms with Gasteiger partial charge in [-0.25, -0.2) is 0 Å². The summed E-state index contributed by atoms with van der Waals surface area (Å²) in [4.78, 5) is 0. The topological polar surface area (TPSA) is 75.4 Å². The second-order valence-electron chi connectivity index (χ2n) is 6.67. The van der Waals surface area contributed by atoms with Crippen molar-refractivity contribution in [2.45, 2.75) is 52.0 Å². The van der Waals surface area contributed by atoms with Gasteiger partial charge in [0.25, 0.3) is 10.2 Å². The van der Waals surface area contributed by atoms with Crippen molar-refractivity contribution in [3.8, 4) is 0 Å². The summed E-state index contributed by atoms with van der Waals surface area (Å²) in [7, 11) is -3.31. The maximum atomic E-state index is 12.4. The molecule has 0 radical (unpaired) electrons. The van der Waals surface area contributed by atoms with Gasteiger partial charge in [0.05, 0.1) is 0 Å². The molecule has 0 amide bonds. The van der Waals surface area contributed by atoms with E-state index in [0.29, 0.717) is 37.4 Å². The standard InChI is InChI=1S/C14H29N3O2S/c1-11-3-4-14(9-12(11)2)16-20(18,19)17-7-5-13(10-15)6-8-17/h11-14,16H,3-10,15H2,1-2H3. The van der Waals surface area contributed by atoms with E-state index in [-0.39, 0.29) is 6.04 Å². The molecule has 3 N–H and O–H groups in total. The number of nitrogens with zero attached hydrogens (tertiary/aromatic N) is 1.